The summed E-state index contributed by atoms with van der Waals surface area (Å²) in [5.74, 6) is 0.617. The number of aliphatic carboxylic acids is 1. The zero-order valence-corrected chi connectivity index (χ0v) is 14.3. The molecule has 0 aliphatic carbocycles. The summed E-state index contributed by atoms with van der Waals surface area (Å²) in [5.41, 5.74) is 1.05. The van der Waals surface area contributed by atoms with Crippen molar-refractivity contribution in [2.45, 2.75) is 44.6 Å². The van der Waals surface area contributed by atoms with Gasteiger partial charge in [0.15, 0.2) is 11.5 Å². The molecule has 6 heteroatoms. The Kier molecular flexibility index (Phi) is 6.46. The Hall–Kier alpha value is -2.24. The number of hydrogen-bond acceptors (Lipinski definition) is 4. The third-order valence-corrected chi connectivity index (χ3v) is 4.40. The zero-order chi connectivity index (χ0) is 17.5. The summed E-state index contributed by atoms with van der Waals surface area (Å²) in [7, 11) is 3.20. The second-order valence-electron chi connectivity index (χ2n) is 5.96. The van der Waals surface area contributed by atoms with Crippen LogP contribution in [0.15, 0.2) is 18.2 Å². The second kappa shape index (κ2) is 8.57. The Balaban J connectivity index is 2.02. The van der Waals surface area contributed by atoms with E-state index >= 15 is 0 Å². The molecule has 132 valence electrons. The van der Waals surface area contributed by atoms with Gasteiger partial charge in [0.1, 0.15) is 0 Å². The van der Waals surface area contributed by atoms with Crippen LogP contribution in [0.3, 0.4) is 0 Å². The summed E-state index contributed by atoms with van der Waals surface area (Å²) < 4.78 is 10.6. The van der Waals surface area contributed by atoms with Gasteiger partial charge in [-0.25, -0.2) is 0 Å². The maximum Gasteiger partial charge on any atom is 0.303 e. The maximum absolute atomic E-state index is 12.5. The number of hydrogen-bond donors (Lipinski definition) is 1. The van der Waals surface area contributed by atoms with Gasteiger partial charge in [0.05, 0.1) is 20.3 Å². The van der Waals surface area contributed by atoms with Crippen molar-refractivity contribution in [3.8, 4) is 11.5 Å². The molecular weight excluding hydrogens is 310 g/mol. The lowest BCUT2D eigenvalue weighted by atomic mass is 10.0. The number of likely N-dealkylation sites (tertiary alicyclic amines) is 1. The average molecular weight is 335 g/mol. The first-order chi connectivity index (χ1) is 11.6. The first kappa shape index (κ1) is 18.1. The Morgan fingerprint density at radius 2 is 1.88 bits per heavy atom. The third-order valence-electron chi connectivity index (χ3n) is 4.40. The zero-order valence-electron chi connectivity index (χ0n) is 14.3. The summed E-state index contributed by atoms with van der Waals surface area (Å²) in [6, 6.07) is 5.82. The van der Waals surface area contributed by atoms with Crippen molar-refractivity contribution < 1.29 is 24.2 Å². The number of amides is 1. The van der Waals surface area contributed by atoms with Crippen molar-refractivity contribution in [1.29, 1.82) is 0 Å². The molecule has 6 nitrogen and oxygen atoms in total. The van der Waals surface area contributed by atoms with Gasteiger partial charge in [-0.3, -0.25) is 9.59 Å². The number of benzene rings is 1. The molecule has 1 fully saturated rings. The van der Waals surface area contributed by atoms with E-state index in [-0.39, 0.29) is 18.4 Å². The molecule has 1 aliphatic rings. The van der Waals surface area contributed by atoms with Crippen LogP contribution in [0.1, 0.15) is 50.1 Å². The van der Waals surface area contributed by atoms with Crippen molar-refractivity contribution in [3.63, 3.8) is 0 Å². The molecule has 1 heterocycles. The number of methoxy groups -OCH3 is 2. The number of carbonyl (C=O) groups is 2. The van der Waals surface area contributed by atoms with Crippen LogP contribution in [0.5, 0.6) is 11.5 Å². The minimum Gasteiger partial charge on any atom is -0.493 e. The molecule has 1 aromatic rings. The number of unbranched alkanes of at least 4 members (excludes halogenated alkanes) is 1. The highest BCUT2D eigenvalue weighted by Crippen LogP contribution is 2.37. The first-order valence-electron chi connectivity index (χ1n) is 8.30. The fourth-order valence-electron chi connectivity index (χ4n) is 3.17. The monoisotopic (exact) mass is 335 g/mol. The predicted molar refractivity (Wildman–Crippen MR) is 89.3 cm³/mol. The van der Waals surface area contributed by atoms with Crippen LogP contribution in [0.2, 0.25) is 0 Å². The lowest BCUT2D eigenvalue weighted by Crippen LogP contribution is -2.30. The van der Waals surface area contributed by atoms with Gasteiger partial charge in [0.25, 0.3) is 0 Å². The van der Waals surface area contributed by atoms with E-state index in [9.17, 15) is 9.59 Å². The van der Waals surface area contributed by atoms with E-state index in [1.165, 1.54) is 0 Å². The number of rotatable bonds is 8. The van der Waals surface area contributed by atoms with Crippen molar-refractivity contribution in [3.05, 3.63) is 23.8 Å². The van der Waals surface area contributed by atoms with Crippen molar-refractivity contribution in [2.75, 3.05) is 20.8 Å². The summed E-state index contributed by atoms with van der Waals surface area (Å²) >= 11 is 0. The van der Waals surface area contributed by atoms with E-state index < -0.39 is 5.97 Å². The molecule has 1 unspecified atom stereocenters. The fraction of sp³-hybridized carbons (Fsp3) is 0.556. The Morgan fingerprint density at radius 3 is 2.54 bits per heavy atom. The number of carbonyl (C=O) groups excluding carboxylic acids is 1. The third kappa shape index (κ3) is 4.40. The van der Waals surface area contributed by atoms with E-state index in [0.717, 1.165) is 24.9 Å². The number of carboxylic acids is 1. The molecule has 2 rings (SSSR count). The second-order valence-corrected chi connectivity index (χ2v) is 5.96. The predicted octanol–water partition coefficient (Wildman–Crippen LogP) is 3.01. The van der Waals surface area contributed by atoms with Gasteiger partial charge in [-0.1, -0.05) is 6.07 Å². The van der Waals surface area contributed by atoms with Crippen LogP contribution in [0.4, 0.5) is 0 Å². The molecule has 1 atom stereocenters. The lowest BCUT2D eigenvalue weighted by molar-refractivity contribution is -0.137. The van der Waals surface area contributed by atoms with Crippen molar-refractivity contribution in [2.24, 2.45) is 0 Å². The van der Waals surface area contributed by atoms with Gasteiger partial charge in [-0.05, 0) is 43.4 Å². The minimum atomic E-state index is -0.813. The average Bonchev–Trinajstić information content (AvgIpc) is 3.07. The van der Waals surface area contributed by atoms with Gasteiger partial charge in [-0.15, -0.1) is 0 Å². The Morgan fingerprint density at radius 1 is 1.17 bits per heavy atom. The van der Waals surface area contributed by atoms with E-state index in [0.29, 0.717) is 30.8 Å². The summed E-state index contributed by atoms with van der Waals surface area (Å²) in [5, 5.41) is 8.66. The number of nitrogens with zero attached hydrogens (tertiary/aromatic N) is 1. The van der Waals surface area contributed by atoms with Crippen LogP contribution in [-0.2, 0) is 9.59 Å². The normalized spacial score (nSPS) is 16.9. The fourth-order valence-corrected chi connectivity index (χ4v) is 3.17. The van der Waals surface area contributed by atoms with Gasteiger partial charge in [0.2, 0.25) is 5.91 Å². The molecule has 0 saturated carbocycles. The lowest BCUT2D eigenvalue weighted by Gasteiger charge is -2.26. The molecule has 1 amide bonds. The van der Waals surface area contributed by atoms with Crippen LogP contribution in [-0.4, -0.2) is 42.6 Å². The largest absolute Gasteiger partial charge is 0.493 e. The van der Waals surface area contributed by atoms with Crippen molar-refractivity contribution in [1.82, 2.24) is 4.90 Å². The highest BCUT2D eigenvalue weighted by molar-refractivity contribution is 5.77. The molecule has 0 aromatic heterocycles. The molecule has 1 aromatic carbocycles. The van der Waals surface area contributed by atoms with Gasteiger partial charge < -0.3 is 19.5 Å². The Bertz CT molecular complexity index is 587. The summed E-state index contributed by atoms with van der Waals surface area (Å²) in [6.07, 6.45) is 3.57. The van der Waals surface area contributed by atoms with E-state index in [4.69, 9.17) is 14.6 Å². The highest BCUT2D eigenvalue weighted by Gasteiger charge is 2.30. The minimum absolute atomic E-state index is 0.0526. The molecule has 0 bridgehead atoms. The van der Waals surface area contributed by atoms with Gasteiger partial charge >= 0.3 is 5.97 Å². The van der Waals surface area contributed by atoms with E-state index in [1.807, 2.05) is 23.1 Å². The van der Waals surface area contributed by atoms with Gasteiger partial charge in [0, 0.05) is 19.4 Å². The molecule has 1 N–H and O–H groups in total. The molecule has 1 aliphatic heterocycles. The van der Waals surface area contributed by atoms with Crippen LogP contribution >= 0.6 is 0 Å². The Labute approximate surface area is 142 Å². The SMILES string of the molecule is COc1ccc(C2CCCN2C(=O)CCCCC(=O)O)cc1OC. The van der Waals surface area contributed by atoms with Crippen LogP contribution < -0.4 is 9.47 Å². The standard InChI is InChI=1S/C18H25NO5/c1-23-15-10-9-13(12-16(15)24-2)14-6-5-11-19(14)17(20)7-3-4-8-18(21)22/h9-10,12,14H,3-8,11H2,1-2H3,(H,21,22). The molecule has 0 spiro atoms. The van der Waals surface area contributed by atoms with Crippen LogP contribution in [0.25, 0.3) is 0 Å². The van der Waals surface area contributed by atoms with Crippen molar-refractivity contribution >= 4 is 11.9 Å². The van der Waals surface area contributed by atoms with Crippen LogP contribution in [0, 0.1) is 0 Å². The topological polar surface area (TPSA) is 76.1 Å². The first-order valence-corrected chi connectivity index (χ1v) is 8.30. The van der Waals surface area contributed by atoms with Gasteiger partial charge in [-0.2, -0.15) is 0 Å². The number of carboxylic acid groups (broad SMARTS) is 1. The van der Waals surface area contributed by atoms with E-state index in [2.05, 4.69) is 0 Å². The summed E-state index contributed by atoms with van der Waals surface area (Å²) in [6.45, 7) is 0.747. The molecule has 0 radical (unpaired) electrons. The maximum atomic E-state index is 12.5. The quantitative estimate of drug-likeness (QED) is 0.739. The smallest absolute Gasteiger partial charge is 0.303 e. The molecule has 1 saturated heterocycles. The highest BCUT2D eigenvalue weighted by atomic mass is 16.5. The van der Waals surface area contributed by atoms with E-state index in [1.54, 1.807) is 14.2 Å². The molecular formula is C18H25NO5. The summed E-state index contributed by atoms with van der Waals surface area (Å²) in [4.78, 5) is 24.9. The molecule has 24 heavy (non-hydrogen) atoms. The number of ether oxygens (including phenoxy) is 2.